The van der Waals surface area contributed by atoms with Crippen LogP contribution in [0.1, 0.15) is 91.9 Å². The molecule has 2 heteroatoms. The minimum atomic E-state index is -0.0538. The van der Waals surface area contributed by atoms with Crippen LogP contribution < -0.4 is 0 Å². The van der Waals surface area contributed by atoms with Crippen molar-refractivity contribution in [3.63, 3.8) is 0 Å². The van der Waals surface area contributed by atoms with E-state index in [9.17, 15) is 4.79 Å². The number of allylic oxidation sites excluding steroid dienone is 3. The Hall–Kier alpha value is -1.05. The first-order valence-electron chi connectivity index (χ1n) is 9.00. The molecule has 2 nitrogen and oxygen atoms in total. The van der Waals surface area contributed by atoms with Crippen LogP contribution in [0.15, 0.2) is 23.3 Å². The van der Waals surface area contributed by atoms with Gasteiger partial charge in [-0.25, -0.2) is 0 Å². The second-order valence-electron chi connectivity index (χ2n) is 6.42. The molecule has 0 aliphatic rings. The van der Waals surface area contributed by atoms with Gasteiger partial charge in [-0.2, -0.15) is 0 Å². The second kappa shape index (κ2) is 14.9. The lowest BCUT2D eigenvalue weighted by Gasteiger charge is -2.04. The van der Waals surface area contributed by atoms with Gasteiger partial charge < -0.3 is 4.74 Å². The highest BCUT2D eigenvalue weighted by Crippen LogP contribution is 2.09. The van der Waals surface area contributed by atoms with Crippen LogP contribution in [0.3, 0.4) is 0 Å². The molecule has 0 saturated carbocycles. The lowest BCUT2D eigenvalue weighted by molar-refractivity contribution is -0.142. The van der Waals surface area contributed by atoms with Crippen LogP contribution in [0.25, 0.3) is 0 Å². The van der Waals surface area contributed by atoms with E-state index in [1.165, 1.54) is 43.3 Å². The molecule has 0 aromatic carbocycles. The number of ether oxygens (including phenoxy) is 1. The quantitative estimate of drug-likeness (QED) is 0.225. The van der Waals surface area contributed by atoms with E-state index in [2.05, 4.69) is 33.8 Å². The molecule has 0 amide bonds. The van der Waals surface area contributed by atoms with Crippen molar-refractivity contribution in [3.05, 3.63) is 23.3 Å². The number of rotatable bonds is 13. The SMILES string of the molecule is CCCCCCCCCC(=O)OCC=C(C)CCC=C(C)C. The van der Waals surface area contributed by atoms with Gasteiger partial charge in [0.25, 0.3) is 0 Å². The first-order valence-corrected chi connectivity index (χ1v) is 9.00. The zero-order valence-corrected chi connectivity index (χ0v) is 15.2. The fraction of sp³-hybridized carbons (Fsp3) is 0.750. The summed E-state index contributed by atoms with van der Waals surface area (Å²) in [5.41, 5.74) is 2.65. The Morgan fingerprint density at radius 3 is 2.14 bits per heavy atom. The van der Waals surface area contributed by atoms with Crippen LogP contribution in [0.2, 0.25) is 0 Å². The third kappa shape index (κ3) is 15.3. The Morgan fingerprint density at radius 1 is 0.864 bits per heavy atom. The van der Waals surface area contributed by atoms with Crippen LogP contribution in [0.5, 0.6) is 0 Å². The van der Waals surface area contributed by atoms with Gasteiger partial charge in [-0.3, -0.25) is 4.79 Å². The molecule has 22 heavy (non-hydrogen) atoms. The summed E-state index contributed by atoms with van der Waals surface area (Å²) in [6.45, 7) is 8.99. The summed E-state index contributed by atoms with van der Waals surface area (Å²) >= 11 is 0. The number of carbonyl (C=O) groups is 1. The summed E-state index contributed by atoms with van der Waals surface area (Å²) in [6, 6.07) is 0. The highest BCUT2D eigenvalue weighted by atomic mass is 16.5. The lowest BCUT2D eigenvalue weighted by atomic mass is 10.1. The molecular weight excluding hydrogens is 272 g/mol. The molecule has 0 radical (unpaired) electrons. The number of carbonyl (C=O) groups excluding carboxylic acids is 1. The van der Waals surface area contributed by atoms with Crippen molar-refractivity contribution in [2.45, 2.75) is 91.9 Å². The maximum atomic E-state index is 11.6. The fourth-order valence-corrected chi connectivity index (χ4v) is 2.27. The standard InChI is InChI=1S/C20H36O2/c1-5-6-7-8-9-10-11-15-20(21)22-17-16-19(4)14-12-13-18(2)3/h13,16H,5-12,14-15,17H2,1-4H3. The molecule has 0 bridgehead atoms. The van der Waals surface area contributed by atoms with E-state index < -0.39 is 0 Å². The number of hydrogen-bond acceptors (Lipinski definition) is 2. The van der Waals surface area contributed by atoms with Gasteiger partial charge in [0, 0.05) is 6.42 Å². The van der Waals surface area contributed by atoms with E-state index in [1.807, 2.05) is 6.08 Å². The Labute approximate surface area is 138 Å². The zero-order valence-electron chi connectivity index (χ0n) is 15.2. The maximum Gasteiger partial charge on any atom is 0.306 e. The third-order valence-electron chi connectivity index (χ3n) is 3.75. The molecule has 0 aliphatic heterocycles. The van der Waals surface area contributed by atoms with Crippen molar-refractivity contribution in [2.75, 3.05) is 6.61 Å². The van der Waals surface area contributed by atoms with Gasteiger partial charge in [-0.1, -0.05) is 62.7 Å². The van der Waals surface area contributed by atoms with E-state index in [4.69, 9.17) is 4.74 Å². The Balaban J connectivity index is 3.54. The average molecular weight is 309 g/mol. The third-order valence-corrected chi connectivity index (χ3v) is 3.75. The molecule has 0 aliphatic carbocycles. The monoisotopic (exact) mass is 308 g/mol. The molecule has 128 valence electrons. The molecule has 0 heterocycles. The predicted molar refractivity (Wildman–Crippen MR) is 96.0 cm³/mol. The van der Waals surface area contributed by atoms with Gasteiger partial charge in [-0.15, -0.1) is 0 Å². The van der Waals surface area contributed by atoms with Gasteiger partial charge in [-0.05, 0) is 46.1 Å². The molecule has 0 rings (SSSR count). The summed E-state index contributed by atoms with van der Waals surface area (Å²) < 4.78 is 5.25. The average Bonchev–Trinajstić information content (AvgIpc) is 2.46. The van der Waals surface area contributed by atoms with Gasteiger partial charge in [0.1, 0.15) is 6.61 Å². The van der Waals surface area contributed by atoms with Gasteiger partial charge in [0.05, 0.1) is 0 Å². The van der Waals surface area contributed by atoms with Crippen molar-refractivity contribution in [1.82, 2.24) is 0 Å². The predicted octanol–water partition coefficient (Wildman–Crippen LogP) is 6.36. The highest BCUT2D eigenvalue weighted by Gasteiger charge is 2.01. The van der Waals surface area contributed by atoms with Crippen molar-refractivity contribution >= 4 is 5.97 Å². The summed E-state index contributed by atoms with van der Waals surface area (Å²) in [6.07, 6.45) is 15.6. The molecule has 0 aromatic rings. The molecule has 0 N–H and O–H groups in total. The van der Waals surface area contributed by atoms with Crippen LogP contribution in [0.4, 0.5) is 0 Å². The summed E-state index contributed by atoms with van der Waals surface area (Å²) in [7, 11) is 0. The minimum Gasteiger partial charge on any atom is -0.461 e. The first-order chi connectivity index (χ1) is 10.6. The normalized spacial score (nSPS) is 11.4. The smallest absolute Gasteiger partial charge is 0.306 e. The molecule has 0 unspecified atom stereocenters. The van der Waals surface area contributed by atoms with Crippen LogP contribution in [-0.4, -0.2) is 12.6 Å². The van der Waals surface area contributed by atoms with Crippen molar-refractivity contribution in [2.24, 2.45) is 0 Å². The van der Waals surface area contributed by atoms with Gasteiger partial charge in [0.2, 0.25) is 0 Å². The Morgan fingerprint density at radius 2 is 1.50 bits per heavy atom. The summed E-state index contributed by atoms with van der Waals surface area (Å²) in [5, 5.41) is 0. The van der Waals surface area contributed by atoms with Crippen LogP contribution >= 0.6 is 0 Å². The fourth-order valence-electron chi connectivity index (χ4n) is 2.27. The number of hydrogen-bond donors (Lipinski definition) is 0. The number of esters is 1. The molecule has 0 atom stereocenters. The molecule has 0 saturated heterocycles. The van der Waals surface area contributed by atoms with Crippen molar-refractivity contribution in [3.8, 4) is 0 Å². The maximum absolute atomic E-state index is 11.6. The first kappa shape index (κ1) is 20.9. The number of unbranched alkanes of at least 4 members (excludes halogenated alkanes) is 6. The second-order valence-corrected chi connectivity index (χ2v) is 6.42. The summed E-state index contributed by atoms with van der Waals surface area (Å²) in [4.78, 5) is 11.6. The van der Waals surface area contributed by atoms with E-state index >= 15 is 0 Å². The van der Waals surface area contributed by atoms with Crippen LogP contribution in [0, 0.1) is 0 Å². The lowest BCUT2D eigenvalue weighted by Crippen LogP contribution is -2.04. The Bertz CT molecular complexity index is 336. The minimum absolute atomic E-state index is 0.0538. The molecular formula is C20H36O2. The van der Waals surface area contributed by atoms with E-state index in [-0.39, 0.29) is 5.97 Å². The van der Waals surface area contributed by atoms with E-state index in [1.54, 1.807) is 0 Å². The molecule has 0 aromatic heterocycles. The molecule has 0 spiro atoms. The highest BCUT2D eigenvalue weighted by molar-refractivity contribution is 5.69. The van der Waals surface area contributed by atoms with Gasteiger partial charge in [0.15, 0.2) is 0 Å². The zero-order chi connectivity index (χ0) is 16.6. The van der Waals surface area contributed by atoms with Crippen molar-refractivity contribution in [1.29, 1.82) is 0 Å². The van der Waals surface area contributed by atoms with E-state index in [0.717, 1.165) is 25.7 Å². The van der Waals surface area contributed by atoms with Gasteiger partial charge >= 0.3 is 5.97 Å². The van der Waals surface area contributed by atoms with E-state index in [0.29, 0.717) is 13.0 Å². The summed E-state index contributed by atoms with van der Waals surface area (Å²) in [5.74, 6) is -0.0538. The van der Waals surface area contributed by atoms with Crippen LogP contribution in [-0.2, 0) is 9.53 Å². The largest absolute Gasteiger partial charge is 0.461 e. The topological polar surface area (TPSA) is 26.3 Å². The Kier molecular flexibility index (Phi) is 14.2. The molecule has 0 fully saturated rings. The van der Waals surface area contributed by atoms with Crippen molar-refractivity contribution < 1.29 is 9.53 Å².